The molecule has 0 spiro atoms. The van der Waals surface area contributed by atoms with Gasteiger partial charge in [0.25, 0.3) is 0 Å². The van der Waals surface area contributed by atoms with Crippen LogP contribution in [0.5, 0.6) is 0 Å². The Morgan fingerprint density at radius 2 is 2.05 bits per heavy atom. The molecule has 110 valence electrons. The van der Waals surface area contributed by atoms with E-state index in [2.05, 4.69) is 26.8 Å². The summed E-state index contributed by atoms with van der Waals surface area (Å²) in [5, 5.41) is 9.65. The highest BCUT2D eigenvalue weighted by Crippen LogP contribution is 2.10. The van der Waals surface area contributed by atoms with Crippen LogP contribution in [0.3, 0.4) is 0 Å². The van der Waals surface area contributed by atoms with Crippen molar-refractivity contribution < 1.29 is 5.11 Å². The highest BCUT2D eigenvalue weighted by atomic mass is 16.3. The van der Waals surface area contributed by atoms with Gasteiger partial charge in [0.05, 0.1) is 12.7 Å². The predicted molar refractivity (Wildman–Crippen MR) is 83.0 cm³/mol. The minimum Gasteiger partial charge on any atom is -0.385 e. The molecule has 3 rings (SSSR count). The molecular formula is C17H16N4O. The fourth-order valence-corrected chi connectivity index (χ4v) is 2.15. The van der Waals surface area contributed by atoms with Gasteiger partial charge in [-0.05, 0) is 25.0 Å². The van der Waals surface area contributed by atoms with Gasteiger partial charge in [-0.1, -0.05) is 24.1 Å². The van der Waals surface area contributed by atoms with Crippen molar-refractivity contribution >= 4 is 0 Å². The van der Waals surface area contributed by atoms with Gasteiger partial charge in [-0.15, -0.1) is 0 Å². The van der Waals surface area contributed by atoms with Crippen LogP contribution in [0.25, 0.3) is 0 Å². The largest absolute Gasteiger partial charge is 0.385 e. The van der Waals surface area contributed by atoms with Gasteiger partial charge in [0.1, 0.15) is 23.4 Å². The smallest absolute Gasteiger partial charge is 0.137 e. The lowest BCUT2D eigenvalue weighted by atomic mass is 10.2. The van der Waals surface area contributed by atoms with E-state index in [4.69, 9.17) is 0 Å². The van der Waals surface area contributed by atoms with Crippen molar-refractivity contribution in [3.8, 4) is 11.8 Å². The van der Waals surface area contributed by atoms with Gasteiger partial charge in [-0.25, -0.2) is 9.97 Å². The first-order valence-electron chi connectivity index (χ1n) is 7.02. The number of hydrogen-bond donors (Lipinski definition) is 2. The second-order valence-electron chi connectivity index (χ2n) is 4.95. The molecule has 0 amide bonds. The lowest BCUT2D eigenvalue weighted by molar-refractivity contribution is 0.184. The number of nitrogens with zero attached hydrogens (tertiary/aromatic N) is 3. The first kappa shape index (κ1) is 14.1. The van der Waals surface area contributed by atoms with Gasteiger partial charge in [0, 0.05) is 18.0 Å². The first-order chi connectivity index (χ1) is 10.7. The van der Waals surface area contributed by atoms with Gasteiger partial charge >= 0.3 is 0 Å². The minimum absolute atomic E-state index is 0.521. The Morgan fingerprint density at radius 1 is 1.23 bits per heavy atom. The molecule has 2 N–H and O–H groups in total. The molecule has 5 nitrogen and oxygen atoms in total. The molecule has 0 bridgehead atoms. The highest BCUT2D eigenvalue weighted by Gasteiger charge is 2.09. The predicted octanol–water partition coefficient (Wildman–Crippen LogP) is 2.11. The second kappa shape index (κ2) is 6.29. The molecule has 1 unspecified atom stereocenters. The van der Waals surface area contributed by atoms with E-state index < -0.39 is 6.10 Å². The monoisotopic (exact) mass is 292 g/mol. The maximum absolute atomic E-state index is 9.65. The zero-order valence-corrected chi connectivity index (χ0v) is 12.2. The van der Waals surface area contributed by atoms with Crippen LogP contribution in [0.2, 0.25) is 0 Å². The highest BCUT2D eigenvalue weighted by molar-refractivity contribution is 5.39. The summed E-state index contributed by atoms with van der Waals surface area (Å²) in [4.78, 5) is 11.6. The third-order valence-corrected chi connectivity index (χ3v) is 3.19. The number of H-pyrrole nitrogens is 1. The molecular weight excluding hydrogens is 276 g/mol. The molecule has 1 atom stereocenters. The van der Waals surface area contributed by atoms with Crippen LogP contribution in [0.1, 0.15) is 35.9 Å². The summed E-state index contributed by atoms with van der Waals surface area (Å²) in [6.07, 6.45) is 4.59. The summed E-state index contributed by atoms with van der Waals surface area (Å²) < 4.78 is 1.86. The van der Waals surface area contributed by atoms with Crippen LogP contribution in [0.15, 0.2) is 48.9 Å². The second-order valence-corrected chi connectivity index (χ2v) is 4.95. The van der Waals surface area contributed by atoms with E-state index in [-0.39, 0.29) is 0 Å². The third-order valence-electron chi connectivity index (χ3n) is 3.19. The van der Waals surface area contributed by atoms with Crippen molar-refractivity contribution in [3.63, 3.8) is 0 Å². The summed E-state index contributed by atoms with van der Waals surface area (Å²) in [5.74, 6) is 7.53. The average molecular weight is 292 g/mol. The van der Waals surface area contributed by atoms with Crippen molar-refractivity contribution in [2.24, 2.45) is 0 Å². The Bertz CT molecular complexity index is 806. The van der Waals surface area contributed by atoms with Crippen LogP contribution >= 0.6 is 0 Å². The lowest BCUT2D eigenvalue weighted by Crippen LogP contribution is -2.08. The van der Waals surface area contributed by atoms with E-state index in [1.165, 1.54) is 0 Å². The van der Waals surface area contributed by atoms with E-state index in [0.29, 0.717) is 12.4 Å². The van der Waals surface area contributed by atoms with Crippen LogP contribution in [0, 0.1) is 11.8 Å². The number of hydrogen-bond acceptors (Lipinski definition) is 3. The Labute approximate surface area is 128 Å². The van der Waals surface area contributed by atoms with Gasteiger partial charge < -0.3 is 14.7 Å². The Kier molecular flexibility index (Phi) is 4.03. The maximum Gasteiger partial charge on any atom is 0.137 e. The molecule has 0 aliphatic heterocycles. The topological polar surface area (TPSA) is 66.7 Å². The quantitative estimate of drug-likeness (QED) is 0.727. The van der Waals surface area contributed by atoms with Gasteiger partial charge in [-0.2, -0.15) is 0 Å². The molecule has 0 saturated heterocycles. The van der Waals surface area contributed by atoms with Crippen molar-refractivity contribution in [3.05, 3.63) is 71.8 Å². The number of aromatic nitrogens is 4. The van der Waals surface area contributed by atoms with Crippen molar-refractivity contribution in [1.29, 1.82) is 0 Å². The molecule has 0 saturated carbocycles. The first-order valence-corrected chi connectivity index (χ1v) is 7.02. The molecule has 0 fully saturated rings. The van der Waals surface area contributed by atoms with E-state index in [1.54, 1.807) is 19.3 Å². The average Bonchev–Trinajstić information content (AvgIpc) is 3.16. The zero-order valence-electron chi connectivity index (χ0n) is 12.2. The molecule has 5 heteroatoms. The van der Waals surface area contributed by atoms with E-state index in [1.807, 2.05) is 41.1 Å². The fraction of sp³-hybridized carbons (Fsp3) is 0.176. The molecule has 1 aromatic carbocycles. The molecule has 0 radical (unpaired) electrons. The third kappa shape index (κ3) is 3.25. The number of aliphatic hydroxyl groups is 1. The summed E-state index contributed by atoms with van der Waals surface area (Å²) >= 11 is 0. The molecule has 3 aromatic rings. The Morgan fingerprint density at radius 3 is 2.82 bits per heavy atom. The summed E-state index contributed by atoms with van der Waals surface area (Å²) in [5.41, 5.74) is 1.72. The number of nitrogens with one attached hydrogen (secondary N) is 1. The van der Waals surface area contributed by atoms with E-state index >= 15 is 0 Å². The number of rotatable bonds is 3. The number of imidazole rings is 2. The van der Waals surface area contributed by atoms with Crippen LogP contribution < -0.4 is 0 Å². The number of aromatic amines is 1. The van der Waals surface area contributed by atoms with E-state index in [0.717, 1.165) is 17.1 Å². The Hall–Kier alpha value is -2.84. The fourth-order valence-electron chi connectivity index (χ4n) is 2.15. The van der Waals surface area contributed by atoms with Crippen LogP contribution in [-0.4, -0.2) is 24.6 Å². The molecule has 0 aliphatic carbocycles. The van der Waals surface area contributed by atoms with Gasteiger partial charge in [-0.3, -0.25) is 0 Å². The van der Waals surface area contributed by atoms with Crippen LogP contribution in [-0.2, 0) is 6.54 Å². The van der Waals surface area contributed by atoms with Gasteiger partial charge in [0.15, 0.2) is 0 Å². The number of benzene rings is 1. The normalized spacial score (nSPS) is 11.7. The van der Waals surface area contributed by atoms with Gasteiger partial charge in [0.2, 0.25) is 0 Å². The summed E-state index contributed by atoms with van der Waals surface area (Å²) in [6, 6.07) is 9.80. The SMILES string of the molecule is CC(O)c1nccn1Cc1ncc(C#Cc2ccccc2)[nH]1. The zero-order chi connectivity index (χ0) is 15.4. The minimum atomic E-state index is -0.609. The summed E-state index contributed by atoms with van der Waals surface area (Å²) in [6.45, 7) is 2.21. The molecule has 2 aromatic heterocycles. The Balaban J connectivity index is 1.74. The maximum atomic E-state index is 9.65. The van der Waals surface area contributed by atoms with E-state index in [9.17, 15) is 5.11 Å². The van der Waals surface area contributed by atoms with Crippen molar-refractivity contribution in [1.82, 2.24) is 19.5 Å². The van der Waals surface area contributed by atoms with Crippen molar-refractivity contribution in [2.75, 3.05) is 0 Å². The lowest BCUT2D eigenvalue weighted by Gasteiger charge is -2.07. The van der Waals surface area contributed by atoms with Crippen molar-refractivity contribution in [2.45, 2.75) is 19.6 Å². The molecule has 2 heterocycles. The summed E-state index contributed by atoms with van der Waals surface area (Å²) in [7, 11) is 0. The van der Waals surface area contributed by atoms with Crippen LogP contribution in [0.4, 0.5) is 0 Å². The molecule has 22 heavy (non-hydrogen) atoms. The standard InChI is InChI=1S/C17H16N4O/c1-13(22)17-18-9-10-21(17)12-16-19-11-15(20-16)8-7-14-5-3-2-4-6-14/h2-6,9-11,13,22H,12H2,1H3,(H,19,20). The molecule has 0 aliphatic rings. The number of aliphatic hydroxyl groups excluding tert-OH is 1.